The molecule has 0 spiro atoms. The lowest BCUT2D eigenvalue weighted by atomic mass is 10.1. The number of rotatable bonds is 3. The number of carbonyl (C=O) groups is 1. The van der Waals surface area contributed by atoms with Crippen molar-refractivity contribution in [3.05, 3.63) is 52.8 Å². The molecule has 0 saturated carbocycles. The van der Waals surface area contributed by atoms with Crippen molar-refractivity contribution < 1.29 is 17.6 Å². The van der Waals surface area contributed by atoms with Crippen molar-refractivity contribution >= 4 is 54.0 Å². The highest BCUT2D eigenvalue weighted by molar-refractivity contribution is 7.91. The van der Waals surface area contributed by atoms with Crippen molar-refractivity contribution in [1.82, 2.24) is 9.88 Å². The number of amides is 1. The second-order valence-electron chi connectivity index (χ2n) is 6.77. The summed E-state index contributed by atoms with van der Waals surface area (Å²) in [4.78, 5) is 21.2. The molecule has 0 atom stereocenters. The standard InChI is InChI=1S/C19H17ClFN3O3S2/c1-29(26,27)16-4-2-3-15-17(16)22-19(28-15)24-9-7-23(8-10-24)18(25)13-6-5-12(21)11-14(13)20/h2-6,11H,7-10H2,1H3. The van der Waals surface area contributed by atoms with Gasteiger partial charge in [0.15, 0.2) is 15.0 Å². The molecule has 0 unspecified atom stereocenters. The number of carbonyl (C=O) groups excluding carboxylic acids is 1. The van der Waals surface area contributed by atoms with E-state index in [4.69, 9.17) is 11.6 Å². The van der Waals surface area contributed by atoms with E-state index in [9.17, 15) is 17.6 Å². The Bertz CT molecular complexity index is 1200. The zero-order valence-corrected chi connectivity index (χ0v) is 17.8. The largest absolute Gasteiger partial charge is 0.345 e. The van der Waals surface area contributed by atoms with Gasteiger partial charge in [-0.25, -0.2) is 17.8 Å². The first-order chi connectivity index (χ1) is 13.7. The van der Waals surface area contributed by atoms with Gasteiger partial charge in [-0.2, -0.15) is 0 Å². The van der Waals surface area contributed by atoms with Crippen molar-refractivity contribution in [2.75, 3.05) is 37.3 Å². The summed E-state index contributed by atoms with van der Waals surface area (Å²) in [6, 6.07) is 8.86. The summed E-state index contributed by atoms with van der Waals surface area (Å²) >= 11 is 7.44. The molecule has 1 aliphatic heterocycles. The van der Waals surface area contributed by atoms with Crippen molar-refractivity contribution in [3.8, 4) is 0 Å². The molecule has 4 rings (SSSR count). The number of para-hydroxylation sites is 1. The fourth-order valence-electron chi connectivity index (χ4n) is 3.28. The maximum atomic E-state index is 13.2. The van der Waals surface area contributed by atoms with Gasteiger partial charge in [-0.3, -0.25) is 4.79 Å². The van der Waals surface area contributed by atoms with Gasteiger partial charge < -0.3 is 9.80 Å². The molecule has 152 valence electrons. The molecule has 0 aliphatic carbocycles. The predicted molar refractivity (Wildman–Crippen MR) is 112 cm³/mol. The van der Waals surface area contributed by atoms with E-state index in [0.29, 0.717) is 31.7 Å². The van der Waals surface area contributed by atoms with Crippen LogP contribution in [-0.2, 0) is 9.84 Å². The van der Waals surface area contributed by atoms with Crippen LogP contribution < -0.4 is 4.90 Å². The van der Waals surface area contributed by atoms with Gasteiger partial charge in [0, 0.05) is 32.4 Å². The molecule has 6 nitrogen and oxygen atoms in total. The lowest BCUT2D eigenvalue weighted by Gasteiger charge is -2.34. The second-order valence-corrected chi connectivity index (χ2v) is 10.2. The zero-order valence-electron chi connectivity index (χ0n) is 15.4. The van der Waals surface area contributed by atoms with Crippen molar-refractivity contribution in [2.24, 2.45) is 0 Å². The minimum Gasteiger partial charge on any atom is -0.345 e. The molecule has 3 aromatic rings. The summed E-state index contributed by atoms with van der Waals surface area (Å²) in [6.07, 6.45) is 1.17. The molecule has 0 radical (unpaired) electrons. The molecule has 1 saturated heterocycles. The quantitative estimate of drug-likeness (QED) is 0.607. The lowest BCUT2D eigenvalue weighted by molar-refractivity contribution is 0.0747. The number of fused-ring (bicyclic) bond motifs is 1. The number of hydrogen-bond donors (Lipinski definition) is 0. The van der Waals surface area contributed by atoms with E-state index < -0.39 is 15.7 Å². The van der Waals surface area contributed by atoms with E-state index in [-0.39, 0.29) is 21.4 Å². The van der Waals surface area contributed by atoms with Crippen LogP contribution in [0.1, 0.15) is 10.4 Å². The summed E-state index contributed by atoms with van der Waals surface area (Å²) in [7, 11) is -3.37. The molecule has 1 amide bonds. The summed E-state index contributed by atoms with van der Waals surface area (Å²) in [5, 5.41) is 0.819. The molecule has 0 N–H and O–H groups in total. The van der Waals surface area contributed by atoms with Crippen LogP contribution in [0.4, 0.5) is 9.52 Å². The predicted octanol–water partition coefficient (Wildman–Crippen LogP) is 3.45. The van der Waals surface area contributed by atoms with Gasteiger partial charge in [0.1, 0.15) is 11.3 Å². The molecule has 1 aliphatic rings. The SMILES string of the molecule is CS(=O)(=O)c1cccc2sc(N3CCN(C(=O)c4ccc(F)cc4Cl)CC3)nc12. The van der Waals surface area contributed by atoms with Gasteiger partial charge in [-0.15, -0.1) is 0 Å². The Morgan fingerprint density at radius 2 is 1.90 bits per heavy atom. The highest BCUT2D eigenvalue weighted by atomic mass is 35.5. The topological polar surface area (TPSA) is 70.6 Å². The monoisotopic (exact) mass is 453 g/mol. The molecule has 10 heteroatoms. The van der Waals surface area contributed by atoms with Gasteiger partial charge in [0.05, 0.1) is 20.2 Å². The molecule has 29 heavy (non-hydrogen) atoms. The van der Waals surface area contributed by atoms with Crippen LogP contribution in [0, 0.1) is 5.82 Å². The molecular weight excluding hydrogens is 437 g/mol. The number of aromatic nitrogens is 1. The molecule has 2 aromatic carbocycles. The molecule has 2 heterocycles. The third-order valence-electron chi connectivity index (χ3n) is 4.77. The van der Waals surface area contributed by atoms with E-state index in [1.54, 1.807) is 17.0 Å². The number of piperazine rings is 1. The van der Waals surface area contributed by atoms with Crippen molar-refractivity contribution in [3.63, 3.8) is 0 Å². The number of anilines is 1. The Hall–Kier alpha value is -2.23. The number of halogens is 2. The Labute approximate surface area is 176 Å². The van der Waals surface area contributed by atoms with Crippen LogP contribution in [0.3, 0.4) is 0 Å². The highest BCUT2D eigenvalue weighted by Gasteiger charge is 2.26. The van der Waals surface area contributed by atoms with Crippen LogP contribution in [0.25, 0.3) is 10.2 Å². The fourth-order valence-corrected chi connectivity index (χ4v) is 5.47. The number of nitrogens with zero attached hydrogens (tertiary/aromatic N) is 3. The third kappa shape index (κ3) is 3.94. The van der Waals surface area contributed by atoms with Crippen LogP contribution in [0.5, 0.6) is 0 Å². The minimum atomic E-state index is -3.37. The van der Waals surface area contributed by atoms with Crippen molar-refractivity contribution in [2.45, 2.75) is 4.90 Å². The normalized spacial score (nSPS) is 15.1. The fraction of sp³-hybridized carbons (Fsp3) is 0.263. The average Bonchev–Trinajstić information content (AvgIpc) is 3.11. The van der Waals surface area contributed by atoms with E-state index in [1.165, 1.54) is 29.7 Å². The highest BCUT2D eigenvalue weighted by Crippen LogP contribution is 2.33. The summed E-state index contributed by atoms with van der Waals surface area (Å²) < 4.78 is 38.0. The zero-order chi connectivity index (χ0) is 20.8. The Kier molecular flexibility index (Phi) is 5.22. The first-order valence-corrected chi connectivity index (χ1v) is 11.9. The van der Waals surface area contributed by atoms with E-state index in [1.807, 2.05) is 11.0 Å². The van der Waals surface area contributed by atoms with Gasteiger partial charge in [0.2, 0.25) is 0 Å². The van der Waals surface area contributed by atoms with Crippen LogP contribution in [0.2, 0.25) is 5.02 Å². The van der Waals surface area contributed by atoms with Crippen LogP contribution >= 0.6 is 22.9 Å². The smallest absolute Gasteiger partial charge is 0.255 e. The first kappa shape index (κ1) is 20.1. The molecule has 0 bridgehead atoms. The molecular formula is C19H17ClFN3O3S2. The van der Waals surface area contributed by atoms with Crippen LogP contribution in [-0.4, -0.2) is 56.6 Å². The van der Waals surface area contributed by atoms with Crippen molar-refractivity contribution in [1.29, 1.82) is 0 Å². The van der Waals surface area contributed by atoms with Crippen LogP contribution in [0.15, 0.2) is 41.3 Å². The number of sulfone groups is 1. The maximum Gasteiger partial charge on any atom is 0.255 e. The van der Waals surface area contributed by atoms with Gasteiger partial charge in [0.25, 0.3) is 5.91 Å². The summed E-state index contributed by atoms with van der Waals surface area (Å²) in [6.45, 7) is 2.03. The third-order valence-corrected chi connectivity index (χ3v) is 7.29. The lowest BCUT2D eigenvalue weighted by Crippen LogP contribution is -2.48. The first-order valence-electron chi connectivity index (χ1n) is 8.83. The molecule has 1 fully saturated rings. The maximum absolute atomic E-state index is 13.2. The number of thiazole rings is 1. The minimum absolute atomic E-state index is 0.0944. The summed E-state index contributed by atoms with van der Waals surface area (Å²) in [5.41, 5.74) is 0.755. The Morgan fingerprint density at radius 3 is 2.55 bits per heavy atom. The number of benzene rings is 2. The van der Waals surface area contributed by atoms with E-state index in [2.05, 4.69) is 4.98 Å². The van der Waals surface area contributed by atoms with E-state index in [0.717, 1.165) is 15.9 Å². The van der Waals surface area contributed by atoms with Gasteiger partial charge in [-0.1, -0.05) is 29.0 Å². The van der Waals surface area contributed by atoms with E-state index >= 15 is 0 Å². The second kappa shape index (κ2) is 7.55. The average molecular weight is 454 g/mol. The summed E-state index contributed by atoms with van der Waals surface area (Å²) in [5.74, 6) is -0.723. The van der Waals surface area contributed by atoms with Gasteiger partial charge >= 0.3 is 0 Å². The molecule has 1 aromatic heterocycles. The van der Waals surface area contributed by atoms with Gasteiger partial charge in [-0.05, 0) is 30.3 Å². The Balaban J connectivity index is 1.52. The number of hydrogen-bond acceptors (Lipinski definition) is 6. The Morgan fingerprint density at radius 1 is 1.17 bits per heavy atom.